The summed E-state index contributed by atoms with van der Waals surface area (Å²) in [6.45, 7) is 0. The Morgan fingerprint density at radius 2 is 1.12 bits per heavy atom. The van der Waals surface area contributed by atoms with Gasteiger partial charge in [0.25, 0.3) is 0 Å². The van der Waals surface area contributed by atoms with Crippen molar-refractivity contribution in [2.75, 3.05) is 0 Å². The standard InChI is InChI=1S/C45H26N2O/c1-2-12-27(13-3-1)42-34-17-6-10-20-39(34)46-44(47-42)28-22-23-33-38(26-28)45(35-18-8-4-14-29(35)30-15-5-9-19-36(30)45)37-25-24-32-31-16-7-11-21-40(31)48-43(32)41(33)37/h1-26H. The van der Waals surface area contributed by atoms with E-state index in [1.807, 2.05) is 18.2 Å². The second kappa shape index (κ2) is 9.37. The van der Waals surface area contributed by atoms with Crippen LogP contribution in [0, 0.1) is 0 Å². The van der Waals surface area contributed by atoms with Crippen molar-refractivity contribution in [2.24, 2.45) is 0 Å². The van der Waals surface area contributed by atoms with Crippen LogP contribution in [0.25, 0.3) is 77.7 Å². The number of furan rings is 1. The number of nitrogens with zero attached hydrogens (tertiary/aromatic N) is 2. The molecule has 0 aliphatic heterocycles. The summed E-state index contributed by atoms with van der Waals surface area (Å²) in [7, 11) is 0. The van der Waals surface area contributed by atoms with E-state index in [1.165, 1.54) is 44.5 Å². The number of hydrogen-bond donors (Lipinski definition) is 0. The Morgan fingerprint density at radius 3 is 1.94 bits per heavy atom. The molecule has 222 valence electrons. The number of benzene rings is 7. The zero-order valence-corrected chi connectivity index (χ0v) is 25.8. The predicted molar refractivity (Wildman–Crippen MR) is 194 cm³/mol. The first kappa shape index (κ1) is 25.8. The summed E-state index contributed by atoms with van der Waals surface area (Å²) in [6, 6.07) is 56.3. The highest BCUT2D eigenvalue weighted by Gasteiger charge is 2.52. The summed E-state index contributed by atoms with van der Waals surface area (Å²) < 4.78 is 6.73. The molecule has 2 aliphatic carbocycles. The highest BCUT2D eigenvalue weighted by Crippen LogP contribution is 2.64. The molecule has 9 aromatic rings. The molecular formula is C45H26N2O. The van der Waals surface area contributed by atoms with Gasteiger partial charge in [0.15, 0.2) is 5.82 Å². The van der Waals surface area contributed by atoms with Crippen molar-refractivity contribution in [1.29, 1.82) is 0 Å². The van der Waals surface area contributed by atoms with E-state index in [0.717, 1.165) is 55.5 Å². The molecule has 0 bridgehead atoms. The Bertz CT molecular complexity index is 2750. The third kappa shape index (κ3) is 3.22. The molecule has 1 spiro atoms. The minimum atomic E-state index is -0.514. The van der Waals surface area contributed by atoms with Crippen LogP contribution in [0.4, 0.5) is 0 Å². The minimum absolute atomic E-state index is 0.514. The molecular weight excluding hydrogens is 585 g/mol. The van der Waals surface area contributed by atoms with Crippen molar-refractivity contribution in [3.8, 4) is 44.9 Å². The zero-order valence-electron chi connectivity index (χ0n) is 25.8. The Kier molecular flexibility index (Phi) is 5.04. The Balaban J connectivity index is 1.25. The van der Waals surface area contributed by atoms with Gasteiger partial charge in [-0.25, -0.2) is 9.97 Å². The Hall–Kier alpha value is -6.32. The zero-order chi connectivity index (χ0) is 31.4. The quantitative estimate of drug-likeness (QED) is 0.195. The van der Waals surface area contributed by atoms with E-state index in [9.17, 15) is 0 Å². The lowest BCUT2D eigenvalue weighted by Crippen LogP contribution is -2.25. The van der Waals surface area contributed by atoms with Gasteiger partial charge >= 0.3 is 0 Å². The number of aromatic nitrogens is 2. The molecule has 0 radical (unpaired) electrons. The van der Waals surface area contributed by atoms with Crippen LogP contribution in [-0.2, 0) is 5.41 Å². The van der Waals surface area contributed by atoms with Crippen LogP contribution in [0.3, 0.4) is 0 Å². The first-order chi connectivity index (χ1) is 23.8. The van der Waals surface area contributed by atoms with Gasteiger partial charge in [0, 0.05) is 32.8 Å². The van der Waals surface area contributed by atoms with E-state index >= 15 is 0 Å². The lowest BCUT2D eigenvalue weighted by atomic mass is 9.70. The van der Waals surface area contributed by atoms with Gasteiger partial charge in [-0.3, -0.25) is 0 Å². The van der Waals surface area contributed by atoms with Crippen LogP contribution in [0.1, 0.15) is 22.3 Å². The van der Waals surface area contributed by atoms with Gasteiger partial charge in [0.2, 0.25) is 0 Å². The van der Waals surface area contributed by atoms with Crippen molar-refractivity contribution in [3.63, 3.8) is 0 Å². The predicted octanol–water partition coefficient (Wildman–Crippen LogP) is 11.2. The van der Waals surface area contributed by atoms with E-state index in [4.69, 9.17) is 14.4 Å². The summed E-state index contributed by atoms with van der Waals surface area (Å²) in [4.78, 5) is 10.4. The third-order valence-corrected chi connectivity index (χ3v) is 10.5. The highest BCUT2D eigenvalue weighted by atomic mass is 16.3. The average molecular weight is 611 g/mol. The molecule has 0 amide bonds. The maximum Gasteiger partial charge on any atom is 0.160 e. The number of para-hydroxylation sites is 2. The van der Waals surface area contributed by atoms with Gasteiger partial charge in [0.05, 0.1) is 16.6 Å². The van der Waals surface area contributed by atoms with E-state index in [2.05, 4.69) is 140 Å². The topological polar surface area (TPSA) is 38.9 Å². The van der Waals surface area contributed by atoms with Gasteiger partial charge < -0.3 is 4.42 Å². The molecule has 3 heteroatoms. The Morgan fingerprint density at radius 1 is 0.438 bits per heavy atom. The molecule has 2 heterocycles. The SMILES string of the molecule is c1ccc(-c2nc(-c3ccc4c(c3)C3(c5ccccc5-c5ccccc53)c3ccc5c(oc6ccccc65)c3-4)nc3ccccc23)cc1. The van der Waals surface area contributed by atoms with Crippen LogP contribution in [0.5, 0.6) is 0 Å². The molecule has 2 aromatic heterocycles. The van der Waals surface area contributed by atoms with Gasteiger partial charge in [-0.15, -0.1) is 0 Å². The van der Waals surface area contributed by atoms with E-state index in [1.54, 1.807) is 0 Å². The summed E-state index contributed by atoms with van der Waals surface area (Å²) in [5, 5.41) is 3.32. The molecule has 0 atom stereocenters. The first-order valence-electron chi connectivity index (χ1n) is 16.4. The lowest BCUT2D eigenvalue weighted by Gasteiger charge is -2.30. The van der Waals surface area contributed by atoms with Crippen molar-refractivity contribution in [1.82, 2.24) is 9.97 Å². The number of hydrogen-bond acceptors (Lipinski definition) is 3. The monoisotopic (exact) mass is 610 g/mol. The highest BCUT2D eigenvalue weighted by molar-refractivity contribution is 6.13. The smallest absolute Gasteiger partial charge is 0.160 e. The largest absolute Gasteiger partial charge is 0.455 e. The summed E-state index contributed by atoms with van der Waals surface area (Å²) in [5.41, 5.74) is 15.3. The minimum Gasteiger partial charge on any atom is -0.455 e. The molecule has 0 saturated carbocycles. The summed E-state index contributed by atoms with van der Waals surface area (Å²) in [6.07, 6.45) is 0. The van der Waals surface area contributed by atoms with Gasteiger partial charge in [0.1, 0.15) is 11.2 Å². The van der Waals surface area contributed by atoms with E-state index in [0.29, 0.717) is 0 Å². The normalized spacial score (nSPS) is 13.6. The van der Waals surface area contributed by atoms with Crippen molar-refractivity contribution < 1.29 is 4.42 Å². The van der Waals surface area contributed by atoms with Crippen LogP contribution in [0.15, 0.2) is 162 Å². The number of fused-ring (bicyclic) bond motifs is 15. The van der Waals surface area contributed by atoms with Crippen LogP contribution >= 0.6 is 0 Å². The fourth-order valence-corrected chi connectivity index (χ4v) is 8.56. The lowest BCUT2D eigenvalue weighted by molar-refractivity contribution is 0.669. The first-order valence-corrected chi connectivity index (χ1v) is 16.4. The molecule has 0 unspecified atom stereocenters. The molecule has 48 heavy (non-hydrogen) atoms. The van der Waals surface area contributed by atoms with E-state index in [-0.39, 0.29) is 0 Å². The van der Waals surface area contributed by atoms with Crippen LogP contribution < -0.4 is 0 Å². The van der Waals surface area contributed by atoms with Crippen LogP contribution in [-0.4, -0.2) is 9.97 Å². The number of rotatable bonds is 2. The molecule has 11 rings (SSSR count). The fraction of sp³-hybridized carbons (Fsp3) is 0.0222. The second-order valence-corrected chi connectivity index (χ2v) is 12.8. The van der Waals surface area contributed by atoms with Crippen molar-refractivity contribution in [3.05, 3.63) is 180 Å². The molecule has 0 N–H and O–H groups in total. The summed E-state index contributed by atoms with van der Waals surface area (Å²) >= 11 is 0. The maximum absolute atomic E-state index is 6.73. The maximum atomic E-state index is 6.73. The molecule has 0 saturated heterocycles. The van der Waals surface area contributed by atoms with Gasteiger partial charge in [-0.2, -0.15) is 0 Å². The van der Waals surface area contributed by atoms with E-state index < -0.39 is 5.41 Å². The fourth-order valence-electron chi connectivity index (χ4n) is 8.56. The van der Waals surface area contributed by atoms with Crippen molar-refractivity contribution >= 4 is 32.8 Å². The third-order valence-electron chi connectivity index (χ3n) is 10.5. The molecule has 3 nitrogen and oxygen atoms in total. The van der Waals surface area contributed by atoms with Crippen molar-refractivity contribution in [2.45, 2.75) is 5.41 Å². The van der Waals surface area contributed by atoms with Crippen LogP contribution in [0.2, 0.25) is 0 Å². The average Bonchev–Trinajstić information content (AvgIpc) is 3.78. The molecule has 2 aliphatic rings. The summed E-state index contributed by atoms with van der Waals surface area (Å²) in [5.74, 6) is 0.718. The Labute approximate surface area is 276 Å². The molecule has 0 fully saturated rings. The van der Waals surface area contributed by atoms with Gasteiger partial charge in [-0.05, 0) is 57.1 Å². The molecule has 7 aromatic carbocycles. The van der Waals surface area contributed by atoms with Gasteiger partial charge in [-0.1, -0.05) is 140 Å². The second-order valence-electron chi connectivity index (χ2n) is 12.8.